The molecular formula is C42H24F10IrN5O6. The van der Waals surface area contributed by atoms with Crippen LogP contribution in [0.25, 0.3) is 22.5 Å². The second kappa shape index (κ2) is 24.9. The standard InChI is InChI=1S/2C12H6F5N.3C6H5NO2.Ir/c2*13-8-5-4-7(9-3-1-2-6-18-9)10(11(8)14)12(15,16)17;3*8-6(9)5-3-1-2-4-7-5;/h2*1-6H;3*1-4H,(H,8,9);/q;;;;;+3/p-3. The van der Waals surface area contributed by atoms with Gasteiger partial charge in [-0.15, -0.1) is 0 Å². The number of nitrogens with zero attached hydrogens (tertiary/aromatic N) is 5. The first-order valence-corrected chi connectivity index (χ1v) is 17.0. The van der Waals surface area contributed by atoms with Crippen molar-refractivity contribution in [3.63, 3.8) is 0 Å². The third kappa shape index (κ3) is 16.1. The van der Waals surface area contributed by atoms with Crippen molar-refractivity contribution >= 4 is 17.9 Å². The van der Waals surface area contributed by atoms with Crippen molar-refractivity contribution in [3.8, 4) is 22.5 Å². The maximum absolute atomic E-state index is 13.3. The number of hydrogen-bond acceptors (Lipinski definition) is 11. The van der Waals surface area contributed by atoms with Crippen LogP contribution < -0.4 is 15.3 Å². The Morgan fingerprint density at radius 1 is 0.391 bits per heavy atom. The van der Waals surface area contributed by atoms with E-state index in [-0.39, 0.29) is 48.6 Å². The Labute approximate surface area is 368 Å². The molecule has 0 spiro atoms. The Balaban J connectivity index is 0.000000285. The third-order valence-electron chi connectivity index (χ3n) is 7.26. The number of halogens is 10. The summed E-state index contributed by atoms with van der Waals surface area (Å²) in [6, 6.07) is 25.4. The molecule has 0 amide bonds. The molecule has 64 heavy (non-hydrogen) atoms. The molecule has 0 aliphatic rings. The molecule has 11 nitrogen and oxygen atoms in total. The largest absolute Gasteiger partial charge is 3.00 e. The molecule has 332 valence electrons. The van der Waals surface area contributed by atoms with Crippen molar-refractivity contribution < 1.29 is 93.7 Å². The minimum atomic E-state index is -4.99. The molecule has 0 aliphatic carbocycles. The fourth-order valence-electron chi connectivity index (χ4n) is 4.58. The number of alkyl halides is 6. The first-order valence-electron chi connectivity index (χ1n) is 17.0. The van der Waals surface area contributed by atoms with Gasteiger partial charge in [-0.3, -0.25) is 24.9 Å². The fraction of sp³-hybridized carbons (Fsp3) is 0.0476. The van der Waals surface area contributed by atoms with Crippen LogP contribution in [0.15, 0.2) is 146 Å². The number of benzene rings is 2. The van der Waals surface area contributed by atoms with Crippen LogP contribution in [0.5, 0.6) is 0 Å². The van der Waals surface area contributed by atoms with Crippen molar-refractivity contribution in [2.24, 2.45) is 0 Å². The summed E-state index contributed by atoms with van der Waals surface area (Å²) in [5, 5.41) is 30.1. The summed E-state index contributed by atoms with van der Waals surface area (Å²) in [5.74, 6) is -10.6. The van der Waals surface area contributed by atoms with Gasteiger partial charge in [-0.1, -0.05) is 30.3 Å². The van der Waals surface area contributed by atoms with Crippen LogP contribution in [0.1, 0.15) is 42.6 Å². The predicted octanol–water partition coefficient (Wildman–Crippen LogP) is 6.42. The molecule has 7 aromatic rings. The van der Waals surface area contributed by atoms with Crippen molar-refractivity contribution in [3.05, 3.63) is 198 Å². The van der Waals surface area contributed by atoms with E-state index in [9.17, 15) is 73.6 Å². The fourth-order valence-corrected chi connectivity index (χ4v) is 4.58. The van der Waals surface area contributed by atoms with Crippen LogP contribution in [0.2, 0.25) is 0 Å². The van der Waals surface area contributed by atoms with E-state index in [0.29, 0.717) is 12.1 Å². The summed E-state index contributed by atoms with van der Waals surface area (Å²) in [6.45, 7) is 0. The third-order valence-corrected chi connectivity index (χ3v) is 7.26. The van der Waals surface area contributed by atoms with E-state index in [1.807, 2.05) is 0 Å². The van der Waals surface area contributed by atoms with E-state index >= 15 is 0 Å². The van der Waals surface area contributed by atoms with Gasteiger partial charge in [-0.2, -0.15) is 26.3 Å². The summed E-state index contributed by atoms with van der Waals surface area (Å²) in [7, 11) is 0. The van der Waals surface area contributed by atoms with Crippen molar-refractivity contribution in [2.45, 2.75) is 12.4 Å². The van der Waals surface area contributed by atoms with Crippen molar-refractivity contribution in [1.82, 2.24) is 24.9 Å². The Bertz CT molecular complexity index is 2340. The van der Waals surface area contributed by atoms with Gasteiger partial charge in [0.25, 0.3) is 0 Å². The van der Waals surface area contributed by atoms with Gasteiger partial charge in [0.1, 0.15) is 11.1 Å². The molecule has 0 saturated heterocycles. The maximum Gasteiger partial charge on any atom is 3.00 e. The smallest absolute Gasteiger partial charge is 0.543 e. The van der Waals surface area contributed by atoms with E-state index in [1.54, 1.807) is 36.4 Å². The Morgan fingerprint density at radius 2 is 0.656 bits per heavy atom. The first-order chi connectivity index (χ1) is 29.7. The average molecular weight is 1080 g/mol. The van der Waals surface area contributed by atoms with Crippen LogP contribution in [-0.2, 0) is 32.5 Å². The van der Waals surface area contributed by atoms with E-state index in [0.717, 1.165) is 12.1 Å². The normalized spacial score (nSPS) is 10.3. The predicted molar refractivity (Wildman–Crippen MR) is 195 cm³/mol. The molecule has 7 rings (SSSR count). The Kier molecular flexibility index (Phi) is 20.5. The molecule has 0 aliphatic heterocycles. The zero-order valence-electron chi connectivity index (χ0n) is 31.7. The number of carboxylic acids is 3. The quantitative estimate of drug-likeness (QED) is 0.173. The molecule has 0 fully saturated rings. The van der Waals surface area contributed by atoms with Crippen LogP contribution >= 0.6 is 0 Å². The second-order valence-electron chi connectivity index (χ2n) is 11.5. The summed E-state index contributed by atoms with van der Waals surface area (Å²) >= 11 is 0. The molecule has 0 saturated carbocycles. The Morgan fingerprint density at radius 3 is 0.844 bits per heavy atom. The van der Waals surface area contributed by atoms with Crippen LogP contribution in [0.4, 0.5) is 43.9 Å². The topological polar surface area (TPSA) is 185 Å². The molecule has 0 N–H and O–H groups in total. The monoisotopic (exact) mass is 1080 g/mol. The number of pyridine rings is 5. The number of carbonyl (C=O) groups excluding carboxylic acids is 3. The van der Waals surface area contributed by atoms with Crippen LogP contribution in [-0.4, -0.2) is 42.8 Å². The number of rotatable bonds is 5. The van der Waals surface area contributed by atoms with Crippen LogP contribution in [0.3, 0.4) is 0 Å². The maximum atomic E-state index is 13.3. The minimum Gasteiger partial charge on any atom is -0.543 e. The van der Waals surface area contributed by atoms with E-state index in [4.69, 9.17) is 0 Å². The van der Waals surface area contributed by atoms with Gasteiger partial charge in [0.15, 0.2) is 23.3 Å². The van der Waals surface area contributed by atoms with Gasteiger partial charge >= 0.3 is 32.5 Å². The van der Waals surface area contributed by atoms with Gasteiger partial charge in [-0.05, 0) is 84.9 Å². The molecule has 0 bridgehead atoms. The van der Waals surface area contributed by atoms with Gasteiger partial charge in [0, 0.05) is 42.1 Å². The number of aromatic carboxylic acids is 3. The number of carbonyl (C=O) groups is 3. The van der Waals surface area contributed by atoms with E-state index in [1.165, 1.54) is 85.6 Å². The molecule has 2 aromatic carbocycles. The zero-order valence-corrected chi connectivity index (χ0v) is 34.1. The number of aromatic nitrogens is 5. The van der Waals surface area contributed by atoms with E-state index in [2.05, 4.69) is 24.9 Å². The number of hydrogen-bond donors (Lipinski definition) is 0. The zero-order chi connectivity index (χ0) is 46.7. The molecule has 5 aromatic heterocycles. The summed E-state index contributed by atoms with van der Waals surface area (Å²) in [5.41, 5.74) is -4.47. The average Bonchev–Trinajstić information content (AvgIpc) is 3.27. The minimum absolute atomic E-state index is 0. The SMILES string of the molecule is Fc1ccc(-c2ccccn2)c(C(F)(F)F)c1F.Fc1ccc(-c2ccccn2)c(C(F)(F)F)c1F.O=C([O-])c1ccccn1.O=C([O-])c1ccccn1.O=C([O-])c1ccccn1.[Ir+3]. The van der Waals surface area contributed by atoms with Crippen LogP contribution in [0, 0.1) is 23.3 Å². The van der Waals surface area contributed by atoms with Crippen molar-refractivity contribution in [1.29, 1.82) is 0 Å². The van der Waals surface area contributed by atoms with Gasteiger partial charge < -0.3 is 29.7 Å². The van der Waals surface area contributed by atoms with Crippen molar-refractivity contribution in [2.75, 3.05) is 0 Å². The molecule has 0 atom stereocenters. The summed E-state index contributed by atoms with van der Waals surface area (Å²) in [4.78, 5) is 48.0. The van der Waals surface area contributed by atoms with Gasteiger partial charge in [-0.25, -0.2) is 17.6 Å². The molecule has 22 heteroatoms. The Hall–Kier alpha value is -7.45. The molecular weight excluding hydrogens is 1050 g/mol. The first kappa shape index (κ1) is 52.7. The molecule has 0 radical (unpaired) electrons. The van der Waals surface area contributed by atoms with Gasteiger partial charge in [0.2, 0.25) is 0 Å². The molecule has 0 unspecified atom stereocenters. The summed E-state index contributed by atoms with van der Waals surface area (Å²) in [6.07, 6.45) is -3.20. The summed E-state index contributed by atoms with van der Waals surface area (Å²) < 4.78 is 129. The van der Waals surface area contributed by atoms with Gasteiger partial charge in [0.05, 0.1) is 46.4 Å². The number of carboxylic acid groups (broad SMARTS) is 3. The van der Waals surface area contributed by atoms with E-state index < -0.39 is 75.8 Å². The molecule has 5 heterocycles. The second-order valence-corrected chi connectivity index (χ2v) is 11.5.